The van der Waals surface area contributed by atoms with Crippen LogP contribution in [0.15, 0.2) is 12.2 Å². The molecule has 0 aromatic carbocycles. The van der Waals surface area contributed by atoms with Crippen molar-refractivity contribution in [2.75, 3.05) is 0 Å². The molecule has 0 aliphatic rings. The molecule has 2 heteroatoms. The maximum atomic E-state index is 10.4. The maximum absolute atomic E-state index is 10.4. The standard InChI is InChI=1S/C22H42O2/c1-21(2)19-17-15-13-11-9-7-5-3-4-6-8-10-12-14-16-18-20-22(23)24/h7,9,21H,3-6,8,10-20H2,1-2H3,(H,23,24). The van der Waals surface area contributed by atoms with Gasteiger partial charge in [0.05, 0.1) is 0 Å². The summed E-state index contributed by atoms with van der Waals surface area (Å²) in [6, 6.07) is 0. The van der Waals surface area contributed by atoms with E-state index in [-0.39, 0.29) is 0 Å². The summed E-state index contributed by atoms with van der Waals surface area (Å²) in [5, 5.41) is 8.55. The predicted molar refractivity (Wildman–Crippen MR) is 105 cm³/mol. The van der Waals surface area contributed by atoms with Gasteiger partial charge in [-0.05, 0) is 38.0 Å². The number of carboxylic acids is 1. The van der Waals surface area contributed by atoms with Crippen LogP contribution in [0.1, 0.15) is 117 Å². The molecule has 0 aromatic rings. The molecule has 0 saturated carbocycles. The van der Waals surface area contributed by atoms with Crippen LogP contribution in [0.3, 0.4) is 0 Å². The molecule has 0 aliphatic carbocycles. The minimum atomic E-state index is -0.657. The predicted octanol–water partition coefficient (Wildman–Crippen LogP) is 7.52. The number of aliphatic carboxylic acids is 1. The molecule has 0 aromatic heterocycles. The molecule has 0 atom stereocenters. The average molecular weight is 339 g/mol. The third-order valence-corrected chi connectivity index (χ3v) is 4.58. The summed E-state index contributed by atoms with van der Waals surface area (Å²) in [7, 11) is 0. The largest absolute Gasteiger partial charge is 0.481 e. The fraction of sp³-hybridized carbons (Fsp3) is 0.864. The Balaban J connectivity index is 3.09. The zero-order valence-corrected chi connectivity index (χ0v) is 16.4. The van der Waals surface area contributed by atoms with Gasteiger partial charge in [-0.3, -0.25) is 4.79 Å². The smallest absolute Gasteiger partial charge is 0.303 e. The number of unbranched alkanes of at least 4 members (excludes halogenated alkanes) is 12. The molecule has 0 radical (unpaired) electrons. The van der Waals surface area contributed by atoms with Gasteiger partial charge in [-0.15, -0.1) is 0 Å². The Morgan fingerprint density at radius 1 is 0.708 bits per heavy atom. The maximum Gasteiger partial charge on any atom is 0.303 e. The van der Waals surface area contributed by atoms with Gasteiger partial charge in [0.1, 0.15) is 0 Å². The monoisotopic (exact) mass is 338 g/mol. The van der Waals surface area contributed by atoms with Crippen molar-refractivity contribution in [3.63, 3.8) is 0 Å². The summed E-state index contributed by atoms with van der Waals surface area (Å²) < 4.78 is 0. The van der Waals surface area contributed by atoms with Crippen molar-refractivity contribution < 1.29 is 9.90 Å². The second-order valence-electron chi connectivity index (χ2n) is 7.62. The number of rotatable bonds is 18. The lowest BCUT2D eigenvalue weighted by Gasteiger charge is -2.02. The van der Waals surface area contributed by atoms with E-state index in [1.54, 1.807) is 0 Å². The van der Waals surface area contributed by atoms with Crippen molar-refractivity contribution in [2.24, 2.45) is 5.92 Å². The third-order valence-electron chi connectivity index (χ3n) is 4.58. The first-order chi connectivity index (χ1) is 11.6. The Bertz CT molecular complexity index is 294. The van der Waals surface area contributed by atoms with Gasteiger partial charge < -0.3 is 5.11 Å². The van der Waals surface area contributed by atoms with E-state index in [9.17, 15) is 4.79 Å². The fourth-order valence-electron chi connectivity index (χ4n) is 3.00. The highest BCUT2D eigenvalue weighted by molar-refractivity contribution is 5.66. The average Bonchev–Trinajstić information content (AvgIpc) is 2.53. The highest BCUT2D eigenvalue weighted by Gasteiger charge is 1.96. The molecule has 0 heterocycles. The molecule has 24 heavy (non-hydrogen) atoms. The molecule has 1 N–H and O–H groups in total. The zero-order chi connectivity index (χ0) is 17.9. The molecule has 0 amide bonds. The van der Waals surface area contributed by atoms with Crippen LogP contribution in [-0.2, 0) is 4.79 Å². The van der Waals surface area contributed by atoms with Gasteiger partial charge in [0, 0.05) is 6.42 Å². The first-order valence-corrected chi connectivity index (χ1v) is 10.5. The topological polar surface area (TPSA) is 37.3 Å². The molecule has 0 saturated heterocycles. The van der Waals surface area contributed by atoms with Crippen LogP contribution in [-0.4, -0.2) is 11.1 Å². The van der Waals surface area contributed by atoms with E-state index in [0.29, 0.717) is 6.42 Å². The second kappa shape index (κ2) is 18.5. The minimum absolute atomic E-state index is 0.339. The summed E-state index contributed by atoms with van der Waals surface area (Å²) in [5.41, 5.74) is 0. The fourth-order valence-corrected chi connectivity index (χ4v) is 3.00. The lowest BCUT2D eigenvalue weighted by molar-refractivity contribution is -0.137. The van der Waals surface area contributed by atoms with E-state index in [1.807, 2.05) is 0 Å². The van der Waals surface area contributed by atoms with Gasteiger partial charge >= 0.3 is 5.97 Å². The summed E-state index contributed by atoms with van der Waals surface area (Å²) >= 11 is 0. The van der Waals surface area contributed by atoms with Crippen LogP contribution in [0.25, 0.3) is 0 Å². The van der Waals surface area contributed by atoms with Gasteiger partial charge in [0.25, 0.3) is 0 Å². The van der Waals surface area contributed by atoms with Gasteiger partial charge in [-0.25, -0.2) is 0 Å². The van der Waals surface area contributed by atoms with Crippen LogP contribution in [0.5, 0.6) is 0 Å². The van der Waals surface area contributed by atoms with Crippen molar-refractivity contribution in [1.29, 1.82) is 0 Å². The molecular weight excluding hydrogens is 296 g/mol. The number of hydrogen-bond acceptors (Lipinski definition) is 1. The first kappa shape index (κ1) is 23.2. The van der Waals surface area contributed by atoms with E-state index in [1.165, 1.54) is 83.5 Å². The van der Waals surface area contributed by atoms with Crippen molar-refractivity contribution in [3.8, 4) is 0 Å². The van der Waals surface area contributed by atoms with E-state index >= 15 is 0 Å². The summed E-state index contributed by atoms with van der Waals surface area (Å²) in [6.45, 7) is 4.62. The van der Waals surface area contributed by atoms with Crippen molar-refractivity contribution in [3.05, 3.63) is 12.2 Å². The Hall–Kier alpha value is -0.790. The minimum Gasteiger partial charge on any atom is -0.481 e. The zero-order valence-electron chi connectivity index (χ0n) is 16.4. The van der Waals surface area contributed by atoms with E-state index < -0.39 is 5.97 Å². The number of hydrogen-bond donors (Lipinski definition) is 1. The molecule has 0 bridgehead atoms. The van der Waals surface area contributed by atoms with E-state index in [4.69, 9.17) is 5.11 Å². The highest BCUT2D eigenvalue weighted by atomic mass is 16.4. The number of allylic oxidation sites excluding steroid dienone is 2. The highest BCUT2D eigenvalue weighted by Crippen LogP contribution is 2.12. The van der Waals surface area contributed by atoms with E-state index in [2.05, 4.69) is 26.0 Å². The van der Waals surface area contributed by atoms with Gasteiger partial charge in [-0.1, -0.05) is 90.2 Å². The lowest BCUT2D eigenvalue weighted by Crippen LogP contribution is -1.93. The van der Waals surface area contributed by atoms with Crippen LogP contribution in [0.4, 0.5) is 0 Å². The van der Waals surface area contributed by atoms with Crippen LogP contribution in [0, 0.1) is 5.92 Å². The van der Waals surface area contributed by atoms with Crippen LogP contribution < -0.4 is 0 Å². The van der Waals surface area contributed by atoms with Gasteiger partial charge in [-0.2, -0.15) is 0 Å². The number of carboxylic acid groups (broad SMARTS) is 1. The SMILES string of the molecule is CC(C)CCCCCC=CCCCCCCCCCCCC(=O)O. The van der Waals surface area contributed by atoms with Gasteiger partial charge in [0.15, 0.2) is 0 Å². The third kappa shape index (κ3) is 21.2. The van der Waals surface area contributed by atoms with E-state index in [0.717, 1.165) is 18.8 Å². The molecule has 2 nitrogen and oxygen atoms in total. The Kier molecular flexibility index (Phi) is 17.9. The molecule has 0 aliphatic heterocycles. The Labute approximate surface area is 151 Å². The second-order valence-corrected chi connectivity index (χ2v) is 7.62. The molecule has 0 unspecified atom stereocenters. The lowest BCUT2D eigenvalue weighted by atomic mass is 10.0. The molecule has 0 rings (SSSR count). The first-order valence-electron chi connectivity index (χ1n) is 10.5. The van der Waals surface area contributed by atoms with Crippen LogP contribution >= 0.6 is 0 Å². The van der Waals surface area contributed by atoms with Crippen LogP contribution in [0.2, 0.25) is 0 Å². The quantitative estimate of drug-likeness (QED) is 0.207. The normalized spacial score (nSPS) is 11.6. The number of carbonyl (C=O) groups is 1. The van der Waals surface area contributed by atoms with Crippen molar-refractivity contribution in [2.45, 2.75) is 117 Å². The summed E-state index contributed by atoms with van der Waals surface area (Å²) in [4.78, 5) is 10.4. The molecule has 142 valence electrons. The summed E-state index contributed by atoms with van der Waals surface area (Å²) in [5.74, 6) is 0.202. The van der Waals surface area contributed by atoms with Crippen molar-refractivity contribution in [1.82, 2.24) is 0 Å². The molecular formula is C22H42O2. The Morgan fingerprint density at radius 3 is 1.58 bits per heavy atom. The molecule has 0 spiro atoms. The van der Waals surface area contributed by atoms with Crippen molar-refractivity contribution >= 4 is 5.97 Å². The van der Waals surface area contributed by atoms with Gasteiger partial charge in [0.2, 0.25) is 0 Å². The summed E-state index contributed by atoms with van der Waals surface area (Å²) in [6.07, 6.45) is 24.3. The Morgan fingerprint density at radius 2 is 1.12 bits per heavy atom. The molecule has 0 fully saturated rings.